The minimum absolute atomic E-state index is 0.148. The highest BCUT2D eigenvalue weighted by Gasteiger charge is 2.37. The van der Waals surface area contributed by atoms with Crippen LogP contribution in [0.5, 0.6) is 5.75 Å². The number of carbonyl (C=O) groups excluding carboxylic acids is 1. The van der Waals surface area contributed by atoms with Gasteiger partial charge in [-0.05, 0) is 42.7 Å². The number of nitrogens with zero attached hydrogens (tertiary/aromatic N) is 2. The van der Waals surface area contributed by atoms with Crippen LogP contribution in [-0.4, -0.2) is 29.2 Å². The molecule has 35 heavy (non-hydrogen) atoms. The first-order valence-corrected chi connectivity index (χ1v) is 11.8. The number of nitrogens with one attached hydrogen (secondary N) is 1. The van der Waals surface area contributed by atoms with Crippen LogP contribution >= 0.6 is 11.6 Å². The van der Waals surface area contributed by atoms with Crippen molar-refractivity contribution < 1.29 is 27.2 Å². The Morgan fingerprint density at radius 2 is 1.97 bits per heavy atom. The molecule has 1 unspecified atom stereocenters. The van der Waals surface area contributed by atoms with Crippen molar-refractivity contribution in [2.75, 3.05) is 13.2 Å². The molecule has 0 radical (unpaired) electrons. The standard InChI is InChI=1S/C25H23ClF3N3O3/c26-18-6-3-15(4-7-18)12-16-14-30-35-23(16)21-2-1-10-32(21)24(33)31-20-9-11-34-22-13-17(25(27,28)29)5-8-19(20)22/h3-8,13-14,20-21H,1-2,9-12H2,(H,31,33)/t20?,21-/m1/s1. The molecule has 0 aliphatic carbocycles. The van der Waals surface area contributed by atoms with Crippen molar-refractivity contribution in [2.24, 2.45) is 0 Å². The number of halogens is 4. The average Bonchev–Trinajstić information content (AvgIpc) is 3.49. The number of carbonyl (C=O) groups is 1. The highest BCUT2D eigenvalue weighted by atomic mass is 35.5. The van der Waals surface area contributed by atoms with Crippen LogP contribution in [0.25, 0.3) is 0 Å². The van der Waals surface area contributed by atoms with Gasteiger partial charge in [0.15, 0.2) is 5.76 Å². The topological polar surface area (TPSA) is 67.6 Å². The van der Waals surface area contributed by atoms with Crippen LogP contribution in [0.15, 0.2) is 53.2 Å². The number of aromatic nitrogens is 1. The van der Waals surface area contributed by atoms with E-state index < -0.39 is 17.8 Å². The summed E-state index contributed by atoms with van der Waals surface area (Å²) in [6, 6.07) is 9.89. The van der Waals surface area contributed by atoms with Crippen molar-refractivity contribution >= 4 is 17.6 Å². The number of alkyl halides is 3. The summed E-state index contributed by atoms with van der Waals surface area (Å²) in [7, 11) is 0. The van der Waals surface area contributed by atoms with Crippen LogP contribution in [0.2, 0.25) is 5.02 Å². The van der Waals surface area contributed by atoms with Gasteiger partial charge in [-0.25, -0.2) is 4.79 Å². The summed E-state index contributed by atoms with van der Waals surface area (Å²) in [5.74, 6) is 0.796. The Bertz CT molecular complexity index is 1210. The van der Waals surface area contributed by atoms with Crippen molar-refractivity contribution in [1.29, 1.82) is 0 Å². The van der Waals surface area contributed by atoms with E-state index in [4.69, 9.17) is 20.9 Å². The van der Waals surface area contributed by atoms with E-state index in [-0.39, 0.29) is 24.4 Å². The Balaban J connectivity index is 1.32. The van der Waals surface area contributed by atoms with E-state index >= 15 is 0 Å². The molecule has 2 aliphatic rings. The minimum atomic E-state index is -4.46. The van der Waals surface area contributed by atoms with Gasteiger partial charge in [-0.2, -0.15) is 13.2 Å². The van der Waals surface area contributed by atoms with Crippen LogP contribution in [0.1, 0.15) is 59.4 Å². The molecule has 3 aromatic rings. The molecule has 5 rings (SSSR count). The van der Waals surface area contributed by atoms with E-state index in [9.17, 15) is 18.0 Å². The summed E-state index contributed by atoms with van der Waals surface area (Å²) >= 11 is 5.98. The maximum Gasteiger partial charge on any atom is 0.416 e. The quantitative estimate of drug-likeness (QED) is 0.451. The number of ether oxygens (including phenoxy) is 1. The zero-order chi connectivity index (χ0) is 24.6. The lowest BCUT2D eigenvalue weighted by atomic mass is 9.98. The molecular weight excluding hydrogens is 483 g/mol. The molecule has 1 aromatic heterocycles. The van der Waals surface area contributed by atoms with Gasteiger partial charge in [0, 0.05) is 35.5 Å². The predicted octanol–water partition coefficient (Wildman–Crippen LogP) is 6.31. The number of rotatable bonds is 4. The molecular formula is C25H23ClF3N3O3. The Kier molecular flexibility index (Phi) is 6.35. The SMILES string of the molecule is O=C(NC1CCOc2cc(C(F)(F)F)ccc21)N1CCC[C@@H]1c1oncc1Cc1ccc(Cl)cc1. The third kappa shape index (κ3) is 4.96. The number of hydrogen-bond acceptors (Lipinski definition) is 4. The summed E-state index contributed by atoms with van der Waals surface area (Å²) in [5, 5.41) is 7.63. The fraction of sp³-hybridized carbons (Fsp3) is 0.360. The van der Waals surface area contributed by atoms with E-state index in [1.165, 1.54) is 6.07 Å². The second kappa shape index (κ2) is 9.45. The van der Waals surface area contributed by atoms with Gasteiger partial charge < -0.3 is 19.5 Å². The smallest absolute Gasteiger partial charge is 0.416 e. The molecule has 2 aromatic carbocycles. The van der Waals surface area contributed by atoms with Crippen molar-refractivity contribution in [3.8, 4) is 5.75 Å². The molecule has 0 saturated carbocycles. The maximum absolute atomic E-state index is 13.3. The second-order valence-electron chi connectivity index (χ2n) is 8.76. The van der Waals surface area contributed by atoms with E-state index in [2.05, 4.69) is 10.5 Å². The van der Waals surface area contributed by atoms with Gasteiger partial charge in [0.25, 0.3) is 0 Å². The summed E-state index contributed by atoms with van der Waals surface area (Å²) in [6.07, 6.45) is -0.193. The highest BCUT2D eigenvalue weighted by Crippen LogP contribution is 2.39. The Labute approximate surface area is 205 Å². The lowest BCUT2D eigenvalue weighted by molar-refractivity contribution is -0.137. The Hall–Kier alpha value is -3.20. The fourth-order valence-electron chi connectivity index (χ4n) is 4.73. The van der Waals surface area contributed by atoms with Crippen LogP contribution in [0.3, 0.4) is 0 Å². The number of hydrogen-bond donors (Lipinski definition) is 1. The molecule has 2 amide bonds. The highest BCUT2D eigenvalue weighted by molar-refractivity contribution is 6.30. The van der Waals surface area contributed by atoms with Crippen molar-refractivity contribution in [1.82, 2.24) is 15.4 Å². The van der Waals surface area contributed by atoms with Gasteiger partial charge in [-0.3, -0.25) is 0 Å². The number of amides is 2. The average molecular weight is 506 g/mol. The summed E-state index contributed by atoms with van der Waals surface area (Å²) in [4.78, 5) is 15.0. The first-order chi connectivity index (χ1) is 16.8. The monoisotopic (exact) mass is 505 g/mol. The Morgan fingerprint density at radius 1 is 1.17 bits per heavy atom. The predicted molar refractivity (Wildman–Crippen MR) is 122 cm³/mol. The lowest BCUT2D eigenvalue weighted by Gasteiger charge is -2.31. The molecule has 0 bridgehead atoms. The van der Waals surface area contributed by atoms with Gasteiger partial charge in [0.2, 0.25) is 0 Å². The normalized spacial score (nSPS) is 19.8. The van der Waals surface area contributed by atoms with E-state index in [1.807, 2.05) is 24.3 Å². The molecule has 0 spiro atoms. The van der Waals surface area contributed by atoms with Crippen LogP contribution in [0, 0.1) is 0 Å². The molecule has 1 N–H and O–H groups in total. The molecule has 10 heteroatoms. The van der Waals surface area contributed by atoms with Crippen molar-refractivity contribution in [3.05, 3.63) is 81.7 Å². The maximum atomic E-state index is 13.3. The number of fused-ring (bicyclic) bond motifs is 1. The van der Waals surface area contributed by atoms with Crippen molar-refractivity contribution in [2.45, 2.75) is 43.9 Å². The molecule has 3 heterocycles. The lowest BCUT2D eigenvalue weighted by Crippen LogP contribution is -2.42. The molecule has 184 valence electrons. The van der Waals surface area contributed by atoms with Gasteiger partial charge in [0.05, 0.1) is 30.5 Å². The second-order valence-corrected chi connectivity index (χ2v) is 9.20. The molecule has 2 aliphatic heterocycles. The number of benzene rings is 2. The van der Waals surface area contributed by atoms with Crippen LogP contribution < -0.4 is 10.1 Å². The molecule has 6 nitrogen and oxygen atoms in total. The third-order valence-electron chi connectivity index (χ3n) is 6.48. The zero-order valence-corrected chi connectivity index (χ0v) is 19.4. The first kappa shape index (κ1) is 23.5. The summed E-state index contributed by atoms with van der Waals surface area (Å²) in [6.45, 7) is 0.761. The van der Waals surface area contributed by atoms with Crippen LogP contribution in [0.4, 0.5) is 18.0 Å². The largest absolute Gasteiger partial charge is 0.493 e. The van der Waals surface area contributed by atoms with Crippen molar-refractivity contribution in [3.63, 3.8) is 0 Å². The molecule has 1 saturated heterocycles. The van der Waals surface area contributed by atoms with Crippen LogP contribution in [-0.2, 0) is 12.6 Å². The summed E-state index contributed by atoms with van der Waals surface area (Å²) in [5.41, 5.74) is 1.70. The molecule has 2 atom stereocenters. The van der Waals surface area contributed by atoms with E-state index in [0.29, 0.717) is 35.7 Å². The Morgan fingerprint density at radius 3 is 2.74 bits per heavy atom. The number of likely N-dealkylation sites (tertiary alicyclic amines) is 1. The van der Waals surface area contributed by atoms with Gasteiger partial charge in [-0.15, -0.1) is 0 Å². The van der Waals surface area contributed by atoms with Gasteiger partial charge >= 0.3 is 12.2 Å². The fourth-order valence-corrected chi connectivity index (χ4v) is 4.85. The van der Waals surface area contributed by atoms with Gasteiger partial charge in [0.1, 0.15) is 5.75 Å². The first-order valence-electron chi connectivity index (χ1n) is 11.4. The third-order valence-corrected chi connectivity index (χ3v) is 6.73. The number of urea groups is 1. The summed E-state index contributed by atoms with van der Waals surface area (Å²) < 4.78 is 50.3. The van der Waals surface area contributed by atoms with E-state index in [0.717, 1.165) is 36.1 Å². The molecule has 1 fully saturated rings. The van der Waals surface area contributed by atoms with E-state index in [1.54, 1.807) is 11.1 Å². The minimum Gasteiger partial charge on any atom is -0.493 e. The zero-order valence-electron chi connectivity index (χ0n) is 18.6. The van der Waals surface area contributed by atoms with Gasteiger partial charge in [-0.1, -0.05) is 35.0 Å².